The first-order valence-corrected chi connectivity index (χ1v) is 7.31. The summed E-state index contributed by atoms with van der Waals surface area (Å²) in [7, 11) is -4.10. The molecular formula is C13H21O4P. The first kappa shape index (κ1) is 15.4. The standard InChI is InChI=1S/C13H21O4P/c1-12(2,3)16-18(14,15)17-13(4,5)11-9-7-6-8-10-11/h6-10H,1-5H3,(H,14,15). The summed E-state index contributed by atoms with van der Waals surface area (Å²) < 4.78 is 22.3. The minimum Gasteiger partial charge on any atom is -0.302 e. The number of phosphoric ester groups is 1. The first-order valence-electron chi connectivity index (χ1n) is 5.82. The van der Waals surface area contributed by atoms with Crippen LogP contribution in [0.2, 0.25) is 0 Å². The molecule has 1 aromatic carbocycles. The Hall–Kier alpha value is -0.670. The van der Waals surface area contributed by atoms with Crippen molar-refractivity contribution in [3.8, 4) is 0 Å². The third-order valence-electron chi connectivity index (χ3n) is 2.20. The van der Waals surface area contributed by atoms with Crippen molar-refractivity contribution in [3.05, 3.63) is 35.9 Å². The van der Waals surface area contributed by atoms with E-state index in [9.17, 15) is 9.46 Å². The highest BCUT2D eigenvalue weighted by molar-refractivity contribution is 7.47. The van der Waals surface area contributed by atoms with Crippen molar-refractivity contribution in [3.63, 3.8) is 0 Å². The number of phosphoric acid groups is 1. The fraction of sp³-hybridized carbons (Fsp3) is 0.538. The molecule has 0 heterocycles. The van der Waals surface area contributed by atoms with Gasteiger partial charge in [0.2, 0.25) is 0 Å². The molecule has 0 amide bonds. The molecular weight excluding hydrogens is 251 g/mol. The summed E-state index contributed by atoms with van der Waals surface area (Å²) in [5.74, 6) is 0. The number of rotatable bonds is 4. The van der Waals surface area contributed by atoms with Crippen molar-refractivity contribution in [2.24, 2.45) is 0 Å². The second kappa shape index (κ2) is 5.14. The molecule has 0 fully saturated rings. The highest BCUT2D eigenvalue weighted by Crippen LogP contribution is 2.52. The Labute approximate surface area is 109 Å². The van der Waals surface area contributed by atoms with Gasteiger partial charge in [0.25, 0.3) is 0 Å². The van der Waals surface area contributed by atoms with E-state index in [0.29, 0.717) is 0 Å². The van der Waals surface area contributed by atoms with Crippen LogP contribution in [0.25, 0.3) is 0 Å². The van der Waals surface area contributed by atoms with E-state index >= 15 is 0 Å². The molecule has 0 radical (unpaired) electrons. The van der Waals surface area contributed by atoms with Crippen LogP contribution in [0.15, 0.2) is 30.3 Å². The summed E-state index contributed by atoms with van der Waals surface area (Å²) in [4.78, 5) is 9.76. The van der Waals surface area contributed by atoms with Gasteiger partial charge in [0.15, 0.2) is 0 Å². The van der Waals surface area contributed by atoms with Gasteiger partial charge in [-0.05, 0) is 40.2 Å². The SMILES string of the molecule is CC(C)(C)OP(=O)(O)OC(C)(C)c1ccccc1. The van der Waals surface area contributed by atoms with Gasteiger partial charge in [-0.25, -0.2) is 4.57 Å². The average Bonchev–Trinajstić information content (AvgIpc) is 2.13. The second-order valence-electron chi connectivity index (χ2n) is 5.64. The maximum atomic E-state index is 11.9. The molecule has 18 heavy (non-hydrogen) atoms. The molecule has 0 aromatic heterocycles. The van der Waals surface area contributed by atoms with Gasteiger partial charge in [-0.2, -0.15) is 0 Å². The van der Waals surface area contributed by atoms with E-state index in [0.717, 1.165) is 5.56 Å². The molecule has 5 heteroatoms. The van der Waals surface area contributed by atoms with Gasteiger partial charge < -0.3 is 4.89 Å². The molecule has 0 aliphatic rings. The molecule has 0 bridgehead atoms. The maximum Gasteiger partial charge on any atom is 0.473 e. The maximum absolute atomic E-state index is 11.9. The molecule has 1 rings (SSSR count). The van der Waals surface area contributed by atoms with Gasteiger partial charge >= 0.3 is 7.82 Å². The Morgan fingerprint density at radius 2 is 1.50 bits per heavy atom. The topological polar surface area (TPSA) is 55.8 Å². The van der Waals surface area contributed by atoms with Crippen LogP contribution in [-0.4, -0.2) is 10.5 Å². The lowest BCUT2D eigenvalue weighted by Crippen LogP contribution is -2.24. The number of hydrogen-bond donors (Lipinski definition) is 1. The summed E-state index contributed by atoms with van der Waals surface area (Å²) in [6.45, 7) is 8.58. The second-order valence-corrected chi connectivity index (χ2v) is 6.94. The number of hydrogen-bond acceptors (Lipinski definition) is 3. The quantitative estimate of drug-likeness (QED) is 0.846. The molecule has 1 aromatic rings. The van der Waals surface area contributed by atoms with E-state index in [1.165, 1.54) is 0 Å². The molecule has 0 aliphatic carbocycles. The average molecular weight is 272 g/mol. The number of benzene rings is 1. The summed E-state index contributed by atoms with van der Waals surface area (Å²) >= 11 is 0. The molecule has 0 saturated carbocycles. The Kier molecular flexibility index (Phi) is 4.39. The van der Waals surface area contributed by atoms with Crippen LogP contribution in [0.4, 0.5) is 0 Å². The predicted molar refractivity (Wildman–Crippen MR) is 71.2 cm³/mol. The van der Waals surface area contributed by atoms with Gasteiger partial charge in [0.1, 0.15) is 0 Å². The predicted octanol–water partition coefficient (Wildman–Crippen LogP) is 3.85. The van der Waals surface area contributed by atoms with E-state index in [4.69, 9.17) is 9.05 Å². The van der Waals surface area contributed by atoms with Crippen LogP contribution in [0.3, 0.4) is 0 Å². The van der Waals surface area contributed by atoms with E-state index in [-0.39, 0.29) is 0 Å². The lowest BCUT2D eigenvalue weighted by Gasteiger charge is -2.30. The van der Waals surface area contributed by atoms with Crippen molar-refractivity contribution in [2.45, 2.75) is 45.8 Å². The van der Waals surface area contributed by atoms with Crippen LogP contribution in [0, 0.1) is 0 Å². The monoisotopic (exact) mass is 272 g/mol. The summed E-state index contributed by atoms with van der Waals surface area (Å²) in [5.41, 5.74) is -0.815. The van der Waals surface area contributed by atoms with E-state index < -0.39 is 19.0 Å². The van der Waals surface area contributed by atoms with Gasteiger partial charge in [-0.1, -0.05) is 30.3 Å². The molecule has 0 aliphatic heterocycles. The van der Waals surface area contributed by atoms with Crippen LogP contribution < -0.4 is 0 Å². The smallest absolute Gasteiger partial charge is 0.302 e. The highest BCUT2D eigenvalue weighted by Gasteiger charge is 2.36. The first-order chi connectivity index (χ1) is 8.02. The van der Waals surface area contributed by atoms with Crippen molar-refractivity contribution in [1.29, 1.82) is 0 Å². The van der Waals surface area contributed by atoms with Crippen molar-refractivity contribution in [2.75, 3.05) is 0 Å². The van der Waals surface area contributed by atoms with Gasteiger partial charge in [-0.15, -0.1) is 0 Å². The molecule has 4 nitrogen and oxygen atoms in total. The van der Waals surface area contributed by atoms with E-state index in [2.05, 4.69) is 0 Å². The van der Waals surface area contributed by atoms with Crippen LogP contribution >= 0.6 is 7.82 Å². The molecule has 102 valence electrons. The Morgan fingerprint density at radius 3 is 1.94 bits per heavy atom. The Bertz CT molecular complexity index is 434. The van der Waals surface area contributed by atoms with Crippen molar-refractivity contribution in [1.82, 2.24) is 0 Å². The van der Waals surface area contributed by atoms with Crippen LogP contribution in [-0.2, 0) is 19.2 Å². The fourth-order valence-electron chi connectivity index (χ4n) is 1.55. The van der Waals surface area contributed by atoms with E-state index in [1.54, 1.807) is 34.6 Å². The minimum atomic E-state index is -4.10. The van der Waals surface area contributed by atoms with Crippen molar-refractivity contribution >= 4 is 7.82 Å². The molecule has 1 N–H and O–H groups in total. The van der Waals surface area contributed by atoms with E-state index in [1.807, 2.05) is 30.3 Å². The summed E-state index contributed by atoms with van der Waals surface area (Å²) in [5, 5.41) is 0. The lowest BCUT2D eigenvalue weighted by molar-refractivity contribution is 0.00871. The zero-order chi connectivity index (χ0) is 14.0. The highest BCUT2D eigenvalue weighted by atomic mass is 31.2. The minimum absolute atomic E-state index is 0.739. The lowest BCUT2D eigenvalue weighted by atomic mass is 9.99. The van der Waals surface area contributed by atoms with Crippen molar-refractivity contribution < 1.29 is 18.5 Å². The summed E-state index contributed by atoms with van der Waals surface area (Å²) in [6, 6.07) is 9.28. The zero-order valence-electron chi connectivity index (χ0n) is 11.5. The van der Waals surface area contributed by atoms with Gasteiger partial charge in [0, 0.05) is 0 Å². The Balaban J connectivity index is 2.86. The van der Waals surface area contributed by atoms with Gasteiger partial charge in [0.05, 0.1) is 11.2 Å². The van der Waals surface area contributed by atoms with Crippen LogP contribution in [0.5, 0.6) is 0 Å². The molecule has 0 saturated heterocycles. The Morgan fingerprint density at radius 1 is 1.00 bits per heavy atom. The molecule has 0 spiro atoms. The summed E-state index contributed by atoms with van der Waals surface area (Å²) in [6.07, 6.45) is 0. The van der Waals surface area contributed by atoms with Gasteiger partial charge in [-0.3, -0.25) is 9.05 Å². The molecule has 1 unspecified atom stereocenters. The fourth-order valence-corrected chi connectivity index (χ4v) is 2.96. The largest absolute Gasteiger partial charge is 0.473 e. The molecule has 1 atom stereocenters. The zero-order valence-corrected chi connectivity index (χ0v) is 12.4. The third-order valence-corrected chi connectivity index (χ3v) is 3.67. The third kappa shape index (κ3) is 4.91. The van der Waals surface area contributed by atoms with Crippen LogP contribution in [0.1, 0.15) is 40.2 Å². The normalized spacial score (nSPS) is 16.3.